The van der Waals surface area contributed by atoms with Crippen LogP contribution in [0.25, 0.3) is 12.2 Å². The van der Waals surface area contributed by atoms with Crippen LogP contribution in [0.2, 0.25) is 0 Å². The van der Waals surface area contributed by atoms with Crippen molar-refractivity contribution in [1.82, 2.24) is 0 Å². The summed E-state index contributed by atoms with van der Waals surface area (Å²) in [6.07, 6.45) is 10.9. The molecule has 0 spiro atoms. The SMILES string of the molecule is CCCOc1c2cccc1Cc1cccc(c1OCCC)Cc1cc(/C=C\c3ccccc3)cc(c1OCCC)Cc1cccc(c1OCCC)C2. The molecule has 0 saturated heterocycles. The summed E-state index contributed by atoms with van der Waals surface area (Å²) < 4.78 is 26.6. The van der Waals surface area contributed by atoms with E-state index in [2.05, 4.69) is 137 Å². The van der Waals surface area contributed by atoms with Crippen LogP contribution in [0.5, 0.6) is 23.0 Å². The number of hydrogen-bond acceptors (Lipinski definition) is 4. The van der Waals surface area contributed by atoms with Crippen molar-refractivity contribution in [3.63, 3.8) is 0 Å². The zero-order chi connectivity index (χ0) is 36.1. The largest absolute Gasteiger partial charge is 0.493 e. The average Bonchev–Trinajstić information content (AvgIpc) is 3.16. The van der Waals surface area contributed by atoms with Crippen molar-refractivity contribution >= 4 is 12.2 Å². The molecule has 270 valence electrons. The molecule has 0 radical (unpaired) electrons. The zero-order valence-corrected chi connectivity index (χ0v) is 31.5. The number of rotatable bonds is 14. The number of para-hydroxylation sites is 3. The molecule has 0 aromatic heterocycles. The fourth-order valence-corrected chi connectivity index (χ4v) is 7.02. The second kappa shape index (κ2) is 18.5. The van der Waals surface area contributed by atoms with Crippen LogP contribution < -0.4 is 18.9 Å². The van der Waals surface area contributed by atoms with Crippen molar-refractivity contribution in [2.45, 2.75) is 79.1 Å². The Morgan fingerprint density at radius 2 is 0.673 bits per heavy atom. The van der Waals surface area contributed by atoms with Gasteiger partial charge in [-0.3, -0.25) is 0 Å². The molecule has 52 heavy (non-hydrogen) atoms. The third-order valence-electron chi connectivity index (χ3n) is 9.39. The predicted octanol–water partition coefficient (Wildman–Crippen LogP) is 11.7. The molecule has 1 aliphatic rings. The maximum atomic E-state index is 6.73. The Balaban J connectivity index is 1.60. The van der Waals surface area contributed by atoms with Gasteiger partial charge in [0, 0.05) is 25.7 Å². The van der Waals surface area contributed by atoms with Crippen molar-refractivity contribution in [1.29, 1.82) is 0 Å². The molecular weight excluding hydrogens is 641 g/mol. The van der Waals surface area contributed by atoms with E-state index in [9.17, 15) is 0 Å². The molecular formula is C48H54O4. The summed E-state index contributed by atoms with van der Waals surface area (Å²) in [6.45, 7) is 11.3. The van der Waals surface area contributed by atoms with Crippen LogP contribution in [0.3, 0.4) is 0 Å². The van der Waals surface area contributed by atoms with Gasteiger partial charge in [0.25, 0.3) is 0 Å². The zero-order valence-electron chi connectivity index (χ0n) is 31.5. The maximum absolute atomic E-state index is 6.73. The molecule has 0 amide bonds. The van der Waals surface area contributed by atoms with Crippen molar-refractivity contribution in [2.24, 2.45) is 0 Å². The molecule has 5 aromatic carbocycles. The smallest absolute Gasteiger partial charge is 0.126 e. The van der Waals surface area contributed by atoms with E-state index in [1.165, 1.54) is 27.8 Å². The van der Waals surface area contributed by atoms with Gasteiger partial charge in [0.15, 0.2) is 0 Å². The number of fused-ring (bicyclic) bond motifs is 8. The van der Waals surface area contributed by atoms with Crippen molar-refractivity contribution < 1.29 is 18.9 Å². The molecule has 0 atom stereocenters. The quantitative estimate of drug-likeness (QED) is 0.106. The van der Waals surface area contributed by atoms with E-state index in [0.717, 1.165) is 76.5 Å². The number of hydrogen-bond donors (Lipinski definition) is 0. The van der Waals surface area contributed by atoms with E-state index >= 15 is 0 Å². The van der Waals surface area contributed by atoms with E-state index in [4.69, 9.17) is 18.9 Å². The Labute approximate surface area is 311 Å². The summed E-state index contributed by atoms with van der Waals surface area (Å²) in [5, 5.41) is 0. The lowest BCUT2D eigenvalue weighted by molar-refractivity contribution is 0.304. The summed E-state index contributed by atoms with van der Waals surface area (Å²) in [7, 11) is 0. The highest BCUT2D eigenvalue weighted by molar-refractivity contribution is 5.71. The van der Waals surface area contributed by atoms with Crippen LogP contribution in [0, 0.1) is 0 Å². The second-order valence-electron chi connectivity index (χ2n) is 13.7. The van der Waals surface area contributed by atoms with Crippen LogP contribution in [-0.2, 0) is 25.7 Å². The molecule has 0 saturated carbocycles. The normalized spacial score (nSPS) is 12.5. The van der Waals surface area contributed by atoms with Gasteiger partial charge in [-0.15, -0.1) is 0 Å². The number of ether oxygens (including phenoxy) is 4. The lowest BCUT2D eigenvalue weighted by atomic mass is 9.90. The van der Waals surface area contributed by atoms with Crippen LogP contribution in [0.4, 0.5) is 0 Å². The highest BCUT2D eigenvalue weighted by Crippen LogP contribution is 2.39. The first kappa shape index (κ1) is 36.8. The molecule has 0 aliphatic heterocycles. The lowest BCUT2D eigenvalue weighted by Crippen LogP contribution is -2.10. The standard InChI is InChI=1S/C48H54O4/c1-5-25-49-45-37-17-12-18-38(45)32-40-20-14-22-42(47(40)51-27-7-3)34-44-30-36(24-23-35-15-10-9-11-16-35)29-43(48(44)52-28-8-4)33-41-21-13-19-39(31-37)46(41)50-26-6-2/h9-24,29-30H,5-8,25-28,31-34H2,1-4H3/b24-23-. The summed E-state index contributed by atoms with van der Waals surface area (Å²) in [6, 6.07) is 34.9. The van der Waals surface area contributed by atoms with E-state index in [1.807, 2.05) is 0 Å². The van der Waals surface area contributed by atoms with Gasteiger partial charge in [-0.1, -0.05) is 125 Å². The van der Waals surface area contributed by atoms with Gasteiger partial charge < -0.3 is 18.9 Å². The Morgan fingerprint density at radius 1 is 0.365 bits per heavy atom. The van der Waals surface area contributed by atoms with Gasteiger partial charge in [-0.2, -0.15) is 0 Å². The third kappa shape index (κ3) is 9.09. The lowest BCUT2D eigenvalue weighted by Gasteiger charge is -2.23. The van der Waals surface area contributed by atoms with Gasteiger partial charge in [-0.25, -0.2) is 0 Å². The number of benzene rings is 5. The van der Waals surface area contributed by atoms with Crippen LogP contribution in [-0.4, -0.2) is 26.4 Å². The molecule has 0 fully saturated rings. The molecule has 0 N–H and O–H groups in total. The molecule has 8 bridgehead atoms. The molecule has 6 rings (SSSR count). The highest BCUT2D eigenvalue weighted by atomic mass is 16.5. The summed E-state index contributed by atoms with van der Waals surface area (Å²) >= 11 is 0. The van der Waals surface area contributed by atoms with E-state index < -0.39 is 0 Å². The van der Waals surface area contributed by atoms with Gasteiger partial charge >= 0.3 is 0 Å². The first-order valence-corrected chi connectivity index (χ1v) is 19.3. The highest BCUT2D eigenvalue weighted by Gasteiger charge is 2.22. The topological polar surface area (TPSA) is 36.9 Å². The first-order chi connectivity index (χ1) is 25.6. The van der Waals surface area contributed by atoms with E-state index in [1.54, 1.807) is 0 Å². The minimum Gasteiger partial charge on any atom is -0.493 e. The molecule has 0 heterocycles. The minimum atomic E-state index is 0.646. The Kier molecular flexibility index (Phi) is 13.1. The molecule has 4 nitrogen and oxygen atoms in total. The van der Waals surface area contributed by atoms with Crippen molar-refractivity contribution in [3.8, 4) is 23.0 Å². The summed E-state index contributed by atoms with van der Waals surface area (Å²) in [5.74, 6) is 3.88. The monoisotopic (exact) mass is 694 g/mol. The fraction of sp³-hybridized carbons (Fsp3) is 0.333. The van der Waals surface area contributed by atoms with E-state index in [0.29, 0.717) is 52.1 Å². The third-order valence-corrected chi connectivity index (χ3v) is 9.39. The van der Waals surface area contributed by atoms with Gasteiger partial charge in [0.1, 0.15) is 23.0 Å². The first-order valence-electron chi connectivity index (χ1n) is 19.3. The summed E-state index contributed by atoms with van der Waals surface area (Å²) in [4.78, 5) is 0. The Hall–Kier alpha value is -4.96. The molecule has 1 aliphatic carbocycles. The summed E-state index contributed by atoms with van der Waals surface area (Å²) in [5.41, 5.74) is 11.6. The average molecular weight is 695 g/mol. The molecule has 0 unspecified atom stereocenters. The van der Waals surface area contributed by atoms with Crippen LogP contribution in [0.1, 0.15) is 109 Å². The van der Waals surface area contributed by atoms with E-state index in [-0.39, 0.29) is 0 Å². The van der Waals surface area contributed by atoms with Crippen molar-refractivity contribution in [3.05, 3.63) is 153 Å². The van der Waals surface area contributed by atoms with Crippen molar-refractivity contribution in [2.75, 3.05) is 26.4 Å². The van der Waals surface area contributed by atoms with Crippen LogP contribution in [0.15, 0.2) is 97.1 Å². The predicted molar refractivity (Wildman–Crippen MR) is 216 cm³/mol. The van der Waals surface area contributed by atoms with Gasteiger partial charge in [-0.05, 0) is 93.5 Å². The second-order valence-corrected chi connectivity index (χ2v) is 13.7. The molecule has 4 heteroatoms. The van der Waals surface area contributed by atoms with Gasteiger partial charge in [0.05, 0.1) is 26.4 Å². The minimum absolute atomic E-state index is 0.646. The Morgan fingerprint density at radius 3 is 1.02 bits per heavy atom. The van der Waals surface area contributed by atoms with Gasteiger partial charge in [0.2, 0.25) is 0 Å². The fourth-order valence-electron chi connectivity index (χ4n) is 7.02. The van der Waals surface area contributed by atoms with Crippen LogP contribution >= 0.6 is 0 Å². The molecule has 5 aromatic rings. The maximum Gasteiger partial charge on any atom is 0.126 e. The Bertz CT molecular complexity index is 1840.